The van der Waals surface area contributed by atoms with Gasteiger partial charge in [0.2, 0.25) is 0 Å². The zero-order chi connectivity index (χ0) is 15.4. The second kappa shape index (κ2) is 6.67. The van der Waals surface area contributed by atoms with Crippen LogP contribution in [-0.2, 0) is 0 Å². The molecule has 7 heteroatoms. The van der Waals surface area contributed by atoms with Crippen molar-refractivity contribution in [3.05, 3.63) is 38.9 Å². The molecule has 0 fully saturated rings. The Kier molecular flexibility index (Phi) is 5.47. The second-order valence-electron chi connectivity index (χ2n) is 4.82. The highest BCUT2D eigenvalue weighted by Gasteiger charge is 2.24. The fraction of sp³-hybridized carbons (Fsp3) is 0.462. The molecule has 0 heterocycles. The minimum atomic E-state index is -0.696. The minimum absolute atomic E-state index is 0.0650. The van der Waals surface area contributed by atoms with Crippen molar-refractivity contribution < 1.29 is 14.8 Å². The summed E-state index contributed by atoms with van der Waals surface area (Å²) in [5.74, 6) is -0.436. The first-order valence-corrected chi connectivity index (χ1v) is 6.54. The van der Waals surface area contributed by atoms with Gasteiger partial charge in [-0.2, -0.15) is 0 Å². The quantitative estimate of drug-likeness (QED) is 0.669. The van der Waals surface area contributed by atoms with E-state index in [9.17, 15) is 20.0 Å². The number of carbonyl (C=O) groups is 1. The molecule has 1 atom stereocenters. The number of nitro groups is 1. The van der Waals surface area contributed by atoms with E-state index in [1.165, 1.54) is 17.0 Å². The SMILES string of the molecule is CC(O)CN(C(=O)c1cc([N+](=O)[O-])ccc1Cl)C(C)C. The Labute approximate surface area is 122 Å². The molecule has 1 N–H and O–H groups in total. The van der Waals surface area contributed by atoms with Crippen LogP contribution in [0.25, 0.3) is 0 Å². The number of aliphatic hydroxyl groups excluding tert-OH is 1. The van der Waals surface area contributed by atoms with Gasteiger partial charge in [-0.15, -0.1) is 0 Å². The first-order chi connectivity index (χ1) is 9.23. The van der Waals surface area contributed by atoms with Crippen molar-refractivity contribution in [1.82, 2.24) is 4.90 Å². The summed E-state index contributed by atoms with van der Waals surface area (Å²) in [6.45, 7) is 5.30. The molecule has 0 aliphatic carbocycles. The number of carbonyl (C=O) groups excluding carboxylic acids is 1. The first-order valence-electron chi connectivity index (χ1n) is 6.17. The predicted molar refractivity (Wildman–Crippen MR) is 76.0 cm³/mol. The van der Waals surface area contributed by atoms with Crippen LogP contribution >= 0.6 is 11.6 Å². The van der Waals surface area contributed by atoms with Crippen molar-refractivity contribution in [3.8, 4) is 0 Å². The molecule has 20 heavy (non-hydrogen) atoms. The van der Waals surface area contributed by atoms with Crippen LogP contribution in [0.5, 0.6) is 0 Å². The molecule has 0 spiro atoms. The maximum Gasteiger partial charge on any atom is 0.270 e. The molecule has 1 aromatic rings. The fourth-order valence-electron chi connectivity index (χ4n) is 1.76. The average molecular weight is 301 g/mol. The average Bonchev–Trinajstić information content (AvgIpc) is 2.34. The first kappa shape index (κ1) is 16.4. The molecule has 0 aliphatic heterocycles. The predicted octanol–water partition coefficient (Wildman–Crippen LogP) is 2.48. The van der Waals surface area contributed by atoms with Crippen molar-refractivity contribution in [3.63, 3.8) is 0 Å². The highest BCUT2D eigenvalue weighted by atomic mass is 35.5. The Balaban J connectivity index is 3.17. The zero-order valence-electron chi connectivity index (χ0n) is 11.5. The summed E-state index contributed by atoms with van der Waals surface area (Å²) in [5.41, 5.74) is -0.131. The van der Waals surface area contributed by atoms with Crippen LogP contribution < -0.4 is 0 Å². The zero-order valence-corrected chi connectivity index (χ0v) is 12.3. The third-order valence-electron chi connectivity index (χ3n) is 2.74. The number of nitro benzene ring substituents is 1. The highest BCUT2D eigenvalue weighted by molar-refractivity contribution is 6.33. The number of halogens is 1. The second-order valence-corrected chi connectivity index (χ2v) is 5.23. The van der Waals surface area contributed by atoms with Gasteiger partial charge in [0.25, 0.3) is 11.6 Å². The Morgan fingerprint density at radius 1 is 1.45 bits per heavy atom. The summed E-state index contributed by atoms with van der Waals surface area (Å²) >= 11 is 5.95. The van der Waals surface area contributed by atoms with E-state index in [4.69, 9.17) is 11.6 Å². The van der Waals surface area contributed by atoms with Crippen LogP contribution in [0.4, 0.5) is 5.69 Å². The highest BCUT2D eigenvalue weighted by Crippen LogP contribution is 2.24. The van der Waals surface area contributed by atoms with Crippen molar-refractivity contribution >= 4 is 23.2 Å². The van der Waals surface area contributed by atoms with Crippen molar-refractivity contribution in [2.75, 3.05) is 6.54 Å². The van der Waals surface area contributed by atoms with E-state index < -0.39 is 16.9 Å². The van der Waals surface area contributed by atoms with Crippen LogP contribution in [0.3, 0.4) is 0 Å². The molecule has 1 aromatic carbocycles. The van der Waals surface area contributed by atoms with Crippen LogP contribution in [0, 0.1) is 10.1 Å². The standard InChI is InChI=1S/C13H17ClN2O4/c1-8(2)15(7-9(3)17)13(18)11-6-10(16(19)20)4-5-12(11)14/h4-6,8-9,17H,7H2,1-3H3. The molecule has 0 radical (unpaired) electrons. The van der Waals surface area contributed by atoms with Crippen LogP contribution in [0.1, 0.15) is 31.1 Å². The topological polar surface area (TPSA) is 83.7 Å². The lowest BCUT2D eigenvalue weighted by Crippen LogP contribution is -2.41. The number of hydrogen-bond donors (Lipinski definition) is 1. The van der Waals surface area contributed by atoms with E-state index >= 15 is 0 Å². The van der Waals surface area contributed by atoms with Gasteiger partial charge in [-0.1, -0.05) is 11.6 Å². The number of amides is 1. The third kappa shape index (κ3) is 3.91. The van der Waals surface area contributed by atoms with E-state index in [0.717, 1.165) is 6.07 Å². The summed E-state index contributed by atoms with van der Waals surface area (Å²) in [4.78, 5) is 24.0. The summed E-state index contributed by atoms with van der Waals surface area (Å²) in [6.07, 6.45) is -0.696. The summed E-state index contributed by atoms with van der Waals surface area (Å²) < 4.78 is 0. The Morgan fingerprint density at radius 3 is 2.50 bits per heavy atom. The van der Waals surface area contributed by atoms with Crippen LogP contribution in [0.2, 0.25) is 5.02 Å². The maximum absolute atomic E-state index is 12.4. The Morgan fingerprint density at radius 2 is 2.05 bits per heavy atom. The summed E-state index contributed by atoms with van der Waals surface area (Å²) in [7, 11) is 0. The van der Waals surface area contributed by atoms with E-state index in [0.29, 0.717) is 0 Å². The lowest BCUT2D eigenvalue weighted by molar-refractivity contribution is -0.384. The monoisotopic (exact) mass is 300 g/mol. The van der Waals surface area contributed by atoms with Crippen molar-refractivity contribution in [2.24, 2.45) is 0 Å². The minimum Gasteiger partial charge on any atom is -0.392 e. The normalized spacial score (nSPS) is 12.3. The van der Waals surface area contributed by atoms with E-state index in [2.05, 4.69) is 0 Å². The lowest BCUT2D eigenvalue weighted by Gasteiger charge is -2.28. The molecular weight excluding hydrogens is 284 g/mol. The van der Waals surface area contributed by atoms with Crippen molar-refractivity contribution in [2.45, 2.75) is 32.9 Å². The van der Waals surface area contributed by atoms with Crippen LogP contribution in [-0.4, -0.2) is 39.5 Å². The van der Waals surface area contributed by atoms with Gasteiger partial charge in [0.05, 0.1) is 21.6 Å². The van der Waals surface area contributed by atoms with Gasteiger partial charge in [-0.3, -0.25) is 14.9 Å². The third-order valence-corrected chi connectivity index (χ3v) is 3.07. The van der Waals surface area contributed by atoms with Crippen LogP contribution in [0.15, 0.2) is 18.2 Å². The molecule has 0 saturated heterocycles. The molecule has 110 valence electrons. The molecule has 0 bridgehead atoms. The molecule has 1 rings (SSSR count). The molecule has 0 aliphatic rings. The number of non-ortho nitro benzene ring substituents is 1. The van der Waals surface area contributed by atoms with E-state index in [-0.39, 0.29) is 28.9 Å². The van der Waals surface area contributed by atoms with Gasteiger partial charge in [-0.25, -0.2) is 0 Å². The Bertz CT molecular complexity index is 517. The maximum atomic E-state index is 12.4. The summed E-state index contributed by atoms with van der Waals surface area (Å²) in [5, 5.41) is 20.4. The van der Waals surface area contributed by atoms with Gasteiger partial charge < -0.3 is 10.0 Å². The van der Waals surface area contributed by atoms with Crippen molar-refractivity contribution in [1.29, 1.82) is 0 Å². The lowest BCUT2D eigenvalue weighted by atomic mass is 10.1. The van der Waals surface area contributed by atoms with Gasteiger partial charge in [-0.05, 0) is 26.8 Å². The van der Waals surface area contributed by atoms with Gasteiger partial charge >= 0.3 is 0 Å². The smallest absolute Gasteiger partial charge is 0.270 e. The number of benzene rings is 1. The number of nitrogens with zero attached hydrogens (tertiary/aromatic N) is 2. The number of rotatable bonds is 5. The van der Waals surface area contributed by atoms with Gasteiger partial charge in [0.1, 0.15) is 0 Å². The van der Waals surface area contributed by atoms with E-state index in [1.54, 1.807) is 20.8 Å². The number of aliphatic hydroxyl groups is 1. The van der Waals surface area contributed by atoms with E-state index in [1.807, 2.05) is 0 Å². The molecule has 0 aromatic heterocycles. The van der Waals surface area contributed by atoms with Gasteiger partial charge in [0.15, 0.2) is 0 Å². The fourth-order valence-corrected chi connectivity index (χ4v) is 1.96. The van der Waals surface area contributed by atoms with Gasteiger partial charge in [0, 0.05) is 24.7 Å². The molecule has 1 amide bonds. The number of hydrogen-bond acceptors (Lipinski definition) is 4. The molecular formula is C13H17ClN2O4. The summed E-state index contributed by atoms with van der Waals surface area (Å²) in [6, 6.07) is 3.57. The molecule has 1 unspecified atom stereocenters. The molecule has 6 nitrogen and oxygen atoms in total. The Hall–Kier alpha value is -1.66. The molecule has 0 saturated carbocycles. The largest absolute Gasteiger partial charge is 0.392 e.